The van der Waals surface area contributed by atoms with Crippen LogP contribution in [0, 0.1) is 0 Å². The second-order valence-corrected chi connectivity index (χ2v) is 8.17. The molecule has 2 aliphatic rings. The van der Waals surface area contributed by atoms with Crippen LogP contribution in [0.3, 0.4) is 0 Å². The van der Waals surface area contributed by atoms with Gasteiger partial charge in [-0.25, -0.2) is 8.42 Å². The Labute approximate surface area is 153 Å². The van der Waals surface area contributed by atoms with Gasteiger partial charge in [0.05, 0.1) is 24.2 Å². The zero-order valence-electron chi connectivity index (χ0n) is 14.3. The van der Waals surface area contributed by atoms with E-state index in [1.165, 1.54) is 0 Å². The van der Waals surface area contributed by atoms with Gasteiger partial charge in [-0.05, 0) is 23.8 Å². The van der Waals surface area contributed by atoms with E-state index in [2.05, 4.69) is 10.3 Å². The van der Waals surface area contributed by atoms with Gasteiger partial charge in [-0.3, -0.25) is 4.98 Å². The Bertz CT molecular complexity index is 873. The van der Waals surface area contributed by atoms with Crippen molar-refractivity contribution in [3.63, 3.8) is 0 Å². The van der Waals surface area contributed by atoms with Crippen LogP contribution in [-0.2, 0) is 10.0 Å². The standard InChI is InChI=1S/C18H21N3O4S/c22-26(23,15-4-5-17-18(11-15)25-10-2-9-24-17)21-8-7-20-13-16(21)14-3-1-6-19-12-14/h1,3-6,11-12,16,20H,2,7-10,13H2. The highest BCUT2D eigenvalue weighted by Crippen LogP contribution is 2.35. The maximum atomic E-state index is 13.3. The summed E-state index contributed by atoms with van der Waals surface area (Å²) in [5.74, 6) is 1.07. The monoisotopic (exact) mass is 375 g/mol. The number of hydrogen-bond acceptors (Lipinski definition) is 6. The van der Waals surface area contributed by atoms with Gasteiger partial charge >= 0.3 is 0 Å². The fourth-order valence-corrected chi connectivity index (χ4v) is 4.90. The van der Waals surface area contributed by atoms with Crippen LogP contribution in [-0.4, -0.2) is 50.6 Å². The number of sulfonamides is 1. The zero-order valence-corrected chi connectivity index (χ0v) is 15.1. The minimum atomic E-state index is -3.67. The molecule has 2 aromatic rings. The lowest BCUT2D eigenvalue weighted by Crippen LogP contribution is -2.48. The van der Waals surface area contributed by atoms with Crippen molar-refractivity contribution in [3.8, 4) is 11.5 Å². The van der Waals surface area contributed by atoms with Gasteiger partial charge < -0.3 is 14.8 Å². The van der Waals surface area contributed by atoms with Crippen LogP contribution in [0.1, 0.15) is 18.0 Å². The van der Waals surface area contributed by atoms with Crippen molar-refractivity contribution >= 4 is 10.0 Å². The van der Waals surface area contributed by atoms with Crippen LogP contribution in [0.5, 0.6) is 11.5 Å². The molecule has 1 unspecified atom stereocenters. The smallest absolute Gasteiger partial charge is 0.243 e. The Balaban J connectivity index is 1.69. The Morgan fingerprint density at radius 3 is 2.81 bits per heavy atom. The van der Waals surface area contributed by atoms with Crippen LogP contribution in [0.2, 0.25) is 0 Å². The van der Waals surface area contributed by atoms with Crippen molar-refractivity contribution in [3.05, 3.63) is 48.3 Å². The lowest BCUT2D eigenvalue weighted by atomic mass is 10.1. The number of nitrogens with zero attached hydrogens (tertiary/aromatic N) is 2. The first-order valence-corrected chi connectivity index (χ1v) is 10.1. The number of ether oxygens (including phenoxy) is 2. The summed E-state index contributed by atoms with van der Waals surface area (Å²) < 4.78 is 39.4. The van der Waals surface area contributed by atoms with E-state index in [-0.39, 0.29) is 10.9 Å². The fraction of sp³-hybridized carbons (Fsp3) is 0.389. The van der Waals surface area contributed by atoms with Gasteiger partial charge in [0.2, 0.25) is 10.0 Å². The number of pyridine rings is 1. The number of fused-ring (bicyclic) bond motifs is 1. The van der Waals surface area contributed by atoms with E-state index >= 15 is 0 Å². The van der Waals surface area contributed by atoms with E-state index in [4.69, 9.17) is 9.47 Å². The molecule has 2 aliphatic heterocycles. The molecular formula is C18H21N3O4S. The highest BCUT2D eigenvalue weighted by Gasteiger charge is 2.35. The number of benzene rings is 1. The largest absolute Gasteiger partial charge is 0.490 e. The van der Waals surface area contributed by atoms with Crippen molar-refractivity contribution in [1.29, 1.82) is 0 Å². The summed E-state index contributed by atoms with van der Waals surface area (Å²) >= 11 is 0. The molecule has 4 rings (SSSR count). The van der Waals surface area contributed by atoms with Gasteiger partial charge in [-0.2, -0.15) is 4.31 Å². The summed E-state index contributed by atoms with van der Waals surface area (Å²) in [5.41, 5.74) is 0.873. The molecule has 1 N–H and O–H groups in total. The lowest BCUT2D eigenvalue weighted by molar-refractivity contribution is 0.271. The predicted octanol–water partition coefficient (Wildman–Crippen LogP) is 1.58. The quantitative estimate of drug-likeness (QED) is 0.877. The van der Waals surface area contributed by atoms with Crippen molar-refractivity contribution in [2.75, 3.05) is 32.8 Å². The summed E-state index contributed by atoms with van der Waals surface area (Å²) in [4.78, 5) is 4.35. The molecule has 3 heterocycles. The Hall–Kier alpha value is -2.16. The van der Waals surface area contributed by atoms with Gasteiger partial charge in [-0.15, -0.1) is 0 Å². The second-order valence-electron chi connectivity index (χ2n) is 6.28. The number of hydrogen-bond donors (Lipinski definition) is 1. The minimum Gasteiger partial charge on any atom is -0.490 e. The first-order valence-electron chi connectivity index (χ1n) is 8.68. The first-order chi connectivity index (χ1) is 12.7. The summed E-state index contributed by atoms with van der Waals surface area (Å²) in [5, 5.41) is 3.27. The number of rotatable bonds is 3. The fourth-order valence-electron chi connectivity index (χ4n) is 3.27. The number of nitrogens with one attached hydrogen (secondary N) is 1. The molecule has 1 aromatic heterocycles. The van der Waals surface area contributed by atoms with Gasteiger partial charge in [0, 0.05) is 44.5 Å². The first kappa shape index (κ1) is 17.3. The van der Waals surface area contributed by atoms with E-state index in [9.17, 15) is 8.42 Å². The van der Waals surface area contributed by atoms with E-state index in [1.807, 2.05) is 12.1 Å². The summed E-state index contributed by atoms with van der Waals surface area (Å²) in [6.07, 6.45) is 4.17. The van der Waals surface area contributed by atoms with Gasteiger partial charge in [0.15, 0.2) is 11.5 Å². The average molecular weight is 375 g/mol. The van der Waals surface area contributed by atoms with Crippen molar-refractivity contribution < 1.29 is 17.9 Å². The SMILES string of the molecule is O=S(=O)(c1ccc2c(c1)OCCCO2)N1CCNCC1c1cccnc1. The van der Waals surface area contributed by atoms with E-state index in [0.717, 1.165) is 12.0 Å². The third-order valence-electron chi connectivity index (χ3n) is 4.59. The van der Waals surface area contributed by atoms with Crippen LogP contribution in [0.25, 0.3) is 0 Å². The molecule has 0 bridgehead atoms. The third kappa shape index (κ3) is 3.27. The van der Waals surface area contributed by atoms with Crippen LogP contribution >= 0.6 is 0 Å². The molecule has 0 spiro atoms. The Morgan fingerprint density at radius 2 is 2.00 bits per heavy atom. The molecule has 0 amide bonds. The molecule has 1 saturated heterocycles. The molecule has 8 heteroatoms. The molecule has 1 atom stereocenters. The molecular weight excluding hydrogens is 354 g/mol. The van der Waals surface area contributed by atoms with Gasteiger partial charge in [0.1, 0.15) is 0 Å². The summed E-state index contributed by atoms with van der Waals surface area (Å²) in [6, 6.07) is 8.26. The Morgan fingerprint density at radius 1 is 1.15 bits per heavy atom. The van der Waals surface area contributed by atoms with Crippen molar-refractivity contribution in [1.82, 2.24) is 14.6 Å². The molecule has 0 aliphatic carbocycles. The molecule has 1 aromatic carbocycles. The Kier molecular flexibility index (Phi) is 4.80. The highest BCUT2D eigenvalue weighted by molar-refractivity contribution is 7.89. The molecule has 0 saturated carbocycles. The second kappa shape index (κ2) is 7.22. The van der Waals surface area contributed by atoms with Gasteiger partial charge in [0.25, 0.3) is 0 Å². The lowest BCUT2D eigenvalue weighted by Gasteiger charge is -2.35. The summed E-state index contributed by atoms with van der Waals surface area (Å²) in [6.45, 7) is 2.65. The van der Waals surface area contributed by atoms with E-state index < -0.39 is 10.0 Å². The van der Waals surface area contributed by atoms with Gasteiger partial charge in [-0.1, -0.05) is 6.07 Å². The maximum absolute atomic E-state index is 13.3. The van der Waals surface area contributed by atoms with Crippen LogP contribution in [0.15, 0.2) is 47.6 Å². The number of aromatic nitrogens is 1. The van der Waals surface area contributed by atoms with Crippen molar-refractivity contribution in [2.24, 2.45) is 0 Å². The van der Waals surface area contributed by atoms with E-state index in [1.54, 1.807) is 34.9 Å². The van der Waals surface area contributed by atoms with Crippen LogP contribution in [0.4, 0.5) is 0 Å². The summed E-state index contributed by atoms with van der Waals surface area (Å²) in [7, 11) is -3.67. The topological polar surface area (TPSA) is 80.8 Å². The molecule has 138 valence electrons. The number of piperazine rings is 1. The van der Waals surface area contributed by atoms with Crippen LogP contribution < -0.4 is 14.8 Å². The normalized spacial score (nSPS) is 21.2. The highest BCUT2D eigenvalue weighted by atomic mass is 32.2. The van der Waals surface area contributed by atoms with Crippen molar-refractivity contribution in [2.45, 2.75) is 17.4 Å². The molecule has 7 nitrogen and oxygen atoms in total. The maximum Gasteiger partial charge on any atom is 0.243 e. The zero-order chi connectivity index (χ0) is 18.0. The predicted molar refractivity (Wildman–Crippen MR) is 95.8 cm³/mol. The molecule has 26 heavy (non-hydrogen) atoms. The van der Waals surface area contributed by atoms with E-state index in [0.29, 0.717) is 44.3 Å². The average Bonchev–Trinajstić information content (AvgIpc) is 2.93. The molecule has 0 radical (unpaired) electrons. The third-order valence-corrected chi connectivity index (χ3v) is 6.49. The molecule has 1 fully saturated rings. The minimum absolute atomic E-state index is 0.220.